The maximum absolute atomic E-state index is 12.6. The number of piperidine rings is 1. The third kappa shape index (κ3) is 4.20. The minimum Gasteiger partial charge on any atom is -0.375 e. The molecule has 9 nitrogen and oxygen atoms in total. The quantitative estimate of drug-likeness (QED) is 0.763. The molecule has 0 aliphatic carbocycles. The molecular formula is C19H25N5O4. The van der Waals surface area contributed by atoms with Crippen LogP contribution in [0.4, 0.5) is 0 Å². The molecule has 1 atom stereocenters. The van der Waals surface area contributed by atoms with Crippen molar-refractivity contribution in [3.05, 3.63) is 36.0 Å². The number of nitrogens with zero attached hydrogens (tertiary/aromatic N) is 5. The van der Waals surface area contributed by atoms with E-state index in [9.17, 15) is 4.79 Å². The summed E-state index contributed by atoms with van der Waals surface area (Å²) in [4.78, 5) is 26.9. The SMILES string of the molecule is COCc1nc(CC2CCOC3(CCN(C(=O)c4ncccn4)CC3)C2)no1. The summed E-state index contributed by atoms with van der Waals surface area (Å²) in [6.07, 6.45) is 7.54. The molecule has 2 saturated heterocycles. The summed E-state index contributed by atoms with van der Waals surface area (Å²) in [6, 6.07) is 1.71. The van der Waals surface area contributed by atoms with Crippen LogP contribution in [0.25, 0.3) is 0 Å². The van der Waals surface area contributed by atoms with E-state index in [1.54, 1.807) is 25.6 Å². The van der Waals surface area contributed by atoms with Crippen LogP contribution >= 0.6 is 0 Å². The maximum Gasteiger partial charge on any atom is 0.291 e. The molecule has 0 N–H and O–H groups in total. The van der Waals surface area contributed by atoms with Gasteiger partial charge in [-0.1, -0.05) is 5.16 Å². The zero-order valence-electron chi connectivity index (χ0n) is 16.0. The number of amides is 1. The molecule has 2 aromatic heterocycles. The first-order valence-corrected chi connectivity index (χ1v) is 9.68. The Hall–Kier alpha value is -2.39. The number of hydrogen-bond donors (Lipinski definition) is 0. The first kappa shape index (κ1) is 18.9. The van der Waals surface area contributed by atoms with Crippen LogP contribution in [-0.4, -0.2) is 63.3 Å². The predicted molar refractivity (Wildman–Crippen MR) is 97.3 cm³/mol. The number of carbonyl (C=O) groups excluding carboxylic acids is 1. The van der Waals surface area contributed by atoms with Crippen LogP contribution in [0.2, 0.25) is 0 Å². The van der Waals surface area contributed by atoms with E-state index in [1.807, 2.05) is 4.90 Å². The Labute approximate surface area is 163 Å². The number of likely N-dealkylation sites (tertiary alicyclic amines) is 1. The summed E-state index contributed by atoms with van der Waals surface area (Å²) in [5, 5.41) is 4.06. The van der Waals surface area contributed by atoms with Gasteiger partial charge in [-0.15, -0.1) is 0 Å². The number of methoxy groups -OCH3 is 1. The molecule has 2 aliphatic rings. The van der Waals surface area contributed by atoms with Crippen LogP contribution in [0, 0.1) is 5.92 Å². The van der Waals surface area contributed by atoms with Gasteiger partial charge in [-0.25, -0.2) is 9.97 Å². The Balaban J connectivity index is 1.33. The molecule has 2 fully saturated rings. The molecule has 1 unspecified atom stereocenters. The fourth-order valence-electron chi connectivity index (χ4n) is 4.13. The summed E-state index contributed by atoms with van der Waals surface area (Å²) in [6.45, 7) is 2.37. The highest BCUT2D eigenvalue weighted by Gasteiger charge is 2.41. The highest BCUT2D eigenvalue weighted by molar-refractivity contribution is 5.90. The van der Waals surface area contributed by atoms with Crippen LogP contribution in [0.1, 0.15) is 48.0 Å². The second kappa shape index (κ2) is 8.32. The molecule has 0 aromatic carbocycles. The van der Waals surface area contributed by atoms with Gasteiger partial charge in [0, 0.05) is 45.6 Å². The molecule has 0 bridgehead atoms. The van der Waals surface area contributed by atoms with Crippen molar-refractivity contribution in [2.45, 2.75) is 44.3 Å². The van der Waals surface area contributed by atoms with Gasteiger partial charge in [-0.2, -0.15) is 4.98 Å². The molecule has 2 aromatic rings. The molecule has 0 saturated carbocycles. The standard InChI is InChI=1S/C19H25N5O4/c1-26-13-16-22-15(23-28-16)11-14-3-10-27-19(12-14)4-8-24(9-5-19)18(25)17-20-6-2-7-21-17/h2,6-7,14H,3-5,8-13H2,1H3. The largest absolute Gasteiger partial charge is 0.375 e. The van der Waals surface area contributed by atoms with Crippen molar-refractivity contribution in [1.29, 1.82) is 0 Å². The van der Waals surface area contributed by atoms with E-state index < -0.39 is 0 Å². The lowest BCUT2D eigenvalue weighted by Crippen LogP contribution is -2.51. The van der Waals surface area contributed by atoms with Crippen molar-refractivity contribution in [3.63, 3.8) is 0 Å². The van der Waals surface area contributed by atoms with Gasteiger partial charge in [0.05, 0.1) is 5.60 Å². The van der Waals surface area contributed by atoms with Crippen LogP contribution < -0.4 is 0 Å². The molecule has 4 heterocycles. The highest BCUT2D eigenvalue weighted by Crippen LogP contribution is 2.38. The maximum atomic E-state index is 12.6. The number of ether oxygens (including phenoxy) is 2. The molecule has 1 amide bonds. The third-order valence-electron chi connectivity index (χ3n) is 5.56. The van der Waals surface area contributed by atoms with Crippen LogP contribution in [-0.2, 0) is 22.5 Å². The topological polar surface area (TPSA) is 103 Å². The van der Waals surface area contributed by atoms with Crippen LogP contribution in [0.15, 0.2) is 23.0 Å². The van der Waals surface area contributed by atoms with Crippen molar-refractivity contribution in [3.8, 4) is 0 Å². The average Bonchev–Trinajstić information content (AvgIpc) is 3.16. The highest BCUT2D eigenvalue weighted by atomic mass is 16.5. The van der Waals surface area contributed by atoms with Crippen LogP contribution in [0.5, 0.6) is 0 Å². The van der Waals surface area contributed by atoms with E-state index in [1.165, 1.54) is 0 Å². The second-order valence-electron chi connectivity index (χ2n) is 7.50. The summed E-state index contributed by atoms with van der Waals surface area (Å²) in [5.74, 6) is 1.82. The number of rotatable bonds is 5. The summed E-state index contributed by atoms with van der Waals surface area (Å²) in [5.41, 5.74) is -0.170. The number of aromatic nitrogens is 4. The van der Waals surface area contributed by atoms with E-state index >= 15 is 0 Å². The Bertz CT molecular complexity index is 789. The fourth-order valence-corrected chi connectivity index (χ4v) is 4.13. The Kier molecular flexibility index (Phi) is 5.63. The van der Waals surface area contributed by atoms with Gasteiger partial charge in [-0.05, 0) is 37.7 Å². The van der Waals surface area contributed by atoms with Gasteiger partial charge >= 0.3 is 0 Å². The Morgan fingerprint density at radius 2 is 2.11 bits per heavy atom. The van der Waals surface area contributed by atoms with Gasteiger partial charge in [0.1, 0.15) is 6.61 Å². The summed E-state index contributed by atoms with van der Waals surface area (Å²) in [7, 11) is 1.60. The molecular weight excluding hydrogens is 362 g/mol. The van der Waals surface area contributed by atoms with Crippen molar-refractivity contribution in [2.75, 3.05) is 26.8 Å². The van der Waals surface area contributed by atoms with Crippen molar-refractivity contribution in [1.82, 2.24) is 25.0 Å². The predicted octanol–water partition coefficient (Wildman–Crippen LogP) is 1.65. The second-order valence-corrected chi connectivity index (χ2v) is 7.50. The third-order valence-corrected chi connectivity index (χ3v) is 5.56. The normalized spacial score (nSPS) is 21.8. The Morgan fingerprint density at radius 1 is 1.32 bits per heavy atom. The number of carbonyl (C=O) groups is 1. The van der Waals surface area contributed by atoms with Gasteiger partial charge in [0.25, 0.3) is 11.8 Å². The lowest BCUT2D eigenvalue weighted by molar-refractivity contribution is -0.123. The molecule has 0 radical (unpaired) electrons. The smallest absolute Gasteiger partial charge is 0.291 e. The lowest BCUT2D eigenvalue weighted by atomic mass is 9.78. The molecule has 2 aliphatic heterocycles. The summed E-state index contributed by atoms with van der Waals surface area (Å²) < 4.78 is 16.4. The molecule has 4 rings (SSSR count). The Morgan fingerprint density at radius 3 is 2.86 bits per heavy atom. The molecule has 150 valence electrons. The summed E-state index contributed by atoms with van der Waals surface area (Å²) >= 11 is 0. The van der Waals surface area contributed by atoms with E-state index in [0.717, 1.165) is 44.5 Å². The van der Waals surface area contributed by atoms with Gasteiger partial charge < -0.3 is 18.9 Å². The van der Waals surface area contributed by atoms with Crippen molar-refractivity contribution < 1.29 is 18.8 Å². The monoisotopic (exact) mass is 387 g/mol. The molecule has 9 heteroatoms. The van der Waals surface area contributed by atoms with E-state index in [4.69, 9.17) is 14.0 Å². The van der Waals surface area contributed by atoms with E-state index in [2.05, 4.69) is 20.1 Å². The van der Waals surface area contributed by atoms with Gasteiger partial charge in [0.15, 0.2) is 5.82 Å². The zero-order chi connectivity index (χ0) is 19.4. The van der Waals surface area contributed by atoms with Crippen LogP contribution in [0.3, 0.4) is 0 Å². The first-order valence-electron chi connectivity index (χ1n) is 9.68. The minimum absolute atomic E-state index is 0.111. The minimum atomic E-state index is -0.170. The lowest BCUT2D eigenvalue weighted by Gasteiger charge is -2.46. The van der Waals surface area contributed by atoms with Crippen molar-refractivity contribution >= 4 is 5.91 Å². The molecule has 28 heavy (non-hydrogen) atoms. The first-order chi connectivity index (χ1) is 13.7. The fraction of sp³-hybridized carbons (Fsp3) is 0.632. The van der Waals surface area contributed by atoms with E-state index in [-0.39, 0.29) is 17.3 Å². The van der Waals surface area contributed by atoms with Gasteiger partial charge in [-0.3, -0.25) is 4.79 Å². The molecule has 1 spiro atoms. The van der Waals surface area contributed by atoms with Crippen molar-refractivity contribution in [2.24, 2.45) is 5.92 Å². The van der Waals surface area contributed by atoms with Gasteiger partial charge in [0.2, 0.25) is 5.82 Å². The zero-order valence-corrected chi connectivity index (χ0v) is 16.0. The number of hydrogen-bond acceptors (Lipinski definition) is 8. The van der Waals surface area contributed by atoms with E-state index in [0.29, 0.717) is 31.5 Å². The average molecular weight is 387 g/mol.